The van der Waals surface area contributed by atoms with Crippen LogP contribution >= 0.6 is 46.3 Å². The quantitative estimate of drug-likeness (QED) is 0.151. The molecule has 0 bridgehead atoms. The lowest BCUT2D eigenvalue weighted by Crippen LogP contribution is -2.12. The van der Waals surface area contributed by atoms with E-state index in [1.54, 1.807) is 0 Å². The smallest absolute Gasteiger partial charge is 0.199 e. The van der Waals surface area contributed by atoms with Crippen molar-refractivity contribution in [1.29, 1.82) is 0 Å². The molecule has 0 spiro atoms. The number of rotatable bonds is 1. The van der Waals surface area contributed by atoms with E-state index in [-0.39, 0.29) is 5.84 Å². The van der Waals surface area contributed by atoms with Crippen molar-refractivity contribution in [2.75, 3.05) is 0 Å². The van der Waals surface area contributed by atoms with Crippen LogP contribution in [0.3, 0.4) is 0 Å². The number of nitrogens with zero attached hydrogens (tertiary/aromatic N) is 2. The van der Waals surface area contributed by atoms with Gasteiger partial charge in [-0.2, -0.15) is 0 Å². The molecule has 0 aromatic carbocycles. The van der Waals surface area contributed by atoms with Crippen molar-refractivity contribution in [3.05, 3.63) is 15.5 Å². The first kappa shape index (κ1) is 11.9. The molecular weight excluding hydrogens is 238 g/mol. The Bertz CT molecular complexity index is 264. The standard InChI is InChI=1S/C4H4ClN3OS.H2S2/c5-2-1-7-4(10-2)3(6)8-9;1-2/h1,9H,(H2,6,8);1-2H. The summed E-state index contributed by atoms with van der Waals surface area (Å²) >= 11 is 13.1. The Morgan fingerprint density at radius 2 is 2.33 bits per heavy atom. The largest absolute Gasteiger partial charge is 0.409 e. The van der Waals surface area contributed by atoms with Gasteiger partial charge in [-0.1, -0.05) is 28.1 Å². The summed E-state index contributed by atoms with van der Waals surface area (Å²) in [5.74, 6) is -0.0168. The maximum atomic E-state index is 8.18. The third-order valence-corrected chi connectivity index (χ3v) is 1.94. The van der Waals surface area contributed by atoms with E-state index in [1.807, 2.05) is 0 Å². The van der Waals surface area contributed by atoms with Crippen molar-refractivity contribution in [2.24, 2.45) is 10.9 Å². The molecule has 0 atom stereocenters. The van der Waals surface area contributed by atoms with E-state index in [4.69, 9.17) is 22.5 Å². The van der Waals surface area contributed by atoms with E-state index in [9.17, 15) is 0 Å². The lowest BCUT2D eigenvalue weighted by atomic mass is 10.6. The van der Waals surface area contributed by atoms with Gasteiger partial charge in [0.2, 0.25) is 0 Å². The third kappa shape index (κ3) is 3.53. The number of thiazole rings is 1. The molecule has 0 radical (unpaired) electrons. The van der Waals surface area contributed by atoms with Crippen LogP contribution < -0.4 is 5.73 Å². The van der Waals surface area contributed by atoms with Crippen molar-refractivity contribution in [3.63, 3.8) is 0 Å². The van der Waals surface area contributed by atoms with E-state index >= 15 is 0 Å². The van der Waals surface area contributed by atoms with Crippen LogP contribution in [0.5, 0.6) is 0 Å². The Morgan fingerprint density at radius 1 is 1.75 bits per heavy atom. The molecule has 0 aliphatic rings. The molecule has 0 saturated heterocycles. The molecule has 0 amide bonds. The Kier molecular flexibility index (Phi) is 6.35. The van der Waals surface area contributed by atoms with Gasteiger partial charge in [0.05, 0.1) is 6.20 Å². The second kappa shape index (κ2) is 6.41. The van der Waals surface area contributed by atoms with E-state index in [1.165, 1.54) is 6.20 Å². The first-order valence-corrected chi connectivity index (χ1v) is 5.32. The SMILES string of the molecule is N/C(=N\O)c1ncc(Cl)s1.SS. The summed E-state index contributed by atoms with van der Waals surface area (Å²) in [7, 11) is 0. The number of nitrogens with two attached hydrogens (primary N) is 1. The number of aromatic nitrogens is 1. The van der Waals surface area contributed by atoms with Gasteiger partial charge in [0.25, 0.3) is 0 Å². The Labute approximate surface area is 88.7 Å². The predicted octanol–water partition coefficient (Wildman–Crippen LogP) is 1.65. The van der Waals surface area contributed by atoms with Crippen molar-refractivity contribution < 1.29 is 5.21 Å². The zero-order valence-electron chi connectivity index (χ0n) is 5.68. The maximum absolute atomic E-state index is 8.18. The molecule has 1 heterocycles. The lowest BCUT2D eigenvalue weighted by molar-refractivity contribution is 0.318. The first-order valence-electron chi connectivity index (χ1n) is 2.53. The monoisotopic (exact) mass is 243 g/mol. The van der Waals surface area contributed by atoms with E-state index < -0.39 is 0 Å². The number of hydrogen-bond donors (Lipinski definition) is 4. The number of thiol groups is 2. The molecule has 3 N–H and O–H groups in total. The van der Waals surface area contributed by atoms with Crippen LogP contribution in [0.1, 0.15) is 5.01 Å². The Balaban J connectivity index is 0.000000561. The minimum Gasteiger partial charge on any atom is -0.409 e. The Morgan fingerprint density at radius 3 is 2.67 bits per heavy atom. The van der Waals surface area contributed by atoms with Crippen LogP contribution in [0.4, 0.5) is 0 Å². The van der Waals surface area contributed by atoms with Crippen LogP contribution in [0.15, 0.2) is 11.4 Å². The fourth-order valence-corrected chi connectivity index (χ4v) is 1.22. The Hall–Kier alpha value is -0.110. The molecule has 1 aromatic heterocycles. The first-order chi connectivity index (χ1) is 5.74. The van der Waals surface area contributed by atoms with Crippen molar-refractivity contribution in [2.45, 2.75) is 0 Å². The summed E-state index contributed by atoms with van der Waals surface area (Å²) in [6.45, 7) is 0. The number of amidine groups is 1. The van der Waals surface area contributed by atoms with E-state index in [0.29, 0.717) is 9.34 Å². The lowest BCUT2D eigenvalue weighted by Gasteiger charge is -1.86. The molecule has 8 heteroatoms. The summed E-state index contributed by atoms with van der Waals surface area (Å²) in [5.41, 5.74) is 5.20. The van der Waals surface area contributed by atoms with E-state index in [0.717, 1.165) is 11.3 Å². The molecule has 0 unspecified atom stereocenters. The number of hydrogen-bond acceptors (Lipinski definition) is 6. The summed E-state index contributed by atoms with van der Waals surface area (Å²) < 4.78 is 0.515. The molecule has 1 rings (SSSR count). The van der Waals surface area contributed by atoms with Gasteiger partial charge in [-0.25, -0.2) is 4.98 Å². The fraction of sp³-hybridized carbons (Fsp3) is 0. The third-order valence-electron chi connectivity index (χ3n) is 0.804. The van der Waals surface area contributed by atoms with Gasteiger partial charge < -0.3 is 10.9 Å². The molecule has 0 aliphatic heterocycles. The van der Waals surface area contributed by atoms with Gasteiger partial charge in [0.15, 0.2) is 10.8 Å². The average molecular weight is 244 g/mol. The summed E-state index contributed by atoms with van der Waals surface area (Å²) in [6.07, 6.45) is 1.44. The zero-order valence-corrected chi connectivity index (χ0v) is 9.04. The fourth-order valence-electron chi connectivity index (χ4n) is 0.416. The van der Waals surface area contributed by atoms with E-state index in [2.05, 4.69) is 33.5 Å². The summed E-state index contributed by atoms with van der Waals surface area (Å²) in [6, 6.07) is 0. The topological polar surface area (TPSA) is 71.5 Å². The minimum atomic E-state index is -0.0168. The van der Waals surface area contributed by atoms with Crippen LogP contribution in [0.25, 0.3) is 0 Å². The number of oxime groups is 1. The van der Waals surface area contributed by atoms with Crippen molar-refractivity contribution in [3.8, 4) is 0 Å². The molecule has 1 aromatic rings. The van der Waals surface area contributed by atoms with Gasteiger partial charge in [0.1, 0.15) is 4.34 Å². The molecular formula is C4H6ClN3OS3. The maximum Gasteiger partial charge on any atom is 0.199 e. The molecule has 4 nitrogen and oxygen atoms in total. The molecule has 0 fully saturated rings. The highest BCUT2D eigenvalue weighted by atomic mass is 35.5. The van der Waals surface area contributed by atoms with Crippen LogP contribution in [0.2, 0.25) is 4.34 Å². The van der Waals surface area contributed by atoms with Crippen LogP contribution in [-0.4, -0.2) is 16.0 Å². The van der Waals surface area contributed by atoms with Gasteiger partial charge in [0, 0.05) is 0 Å². The molecule has 12 heavy (non-hydrogen) atoms. The molecule has 68 valence electrons. The molecule has 0 aliphatic carbocycles. The average Bonchev–Trinajstić information content (AvgIpc) is 2.54. The predicted molar refractivity (Wildman–Crippen MR) is 57.6 cm³/mol. The van der Waals surface area contributed by atoms with Crippen LogP contribution in [-0.2, 0) is 0 Å². The van der Waals surface area contributed by atoms with Crippen molar-refractivity contribution >= 4 is 52.1 Å². The summed E-state index contributed by atoms with van der Waals surface area (Å²) in [5, 5.41) is 11.4. The van der Waals surface area contributed by atoms with Gasteiger partial charge in [-0.3, -0.25) is 0 Å². The normalized spacial score (nSPS) is 10.4. The summed E-state index contributed by atoms with van der Waals surface area (Å²) in [4.78, 5) is 3.76. The van der Waals surface area contributed by atoms with Crippen LogP contribution in [0, 0.1) is 0 Å². The minimum absolute atomic E-state index is 0.0168. The highest BCUT2D eigenvalue weighted by Gasteiger charge is 2.03. The van der Waals surface area contributed by atoms with Gasteiger partial charge in [-0.15, -0.1) is 23.3 Å². The highest BCUT2D eigenvalue weighted by Crippen LogP contribution is 2.17. The highest BCUT2D eigenvalue weighted by molar-refractivity contribution is 8.59. The number of halogens is 1. The molecule has 0 saturated carbocycles. The zero-order chi connectivity index (χ0) is 9.56. The second-order valence-corrected chi connectivity index (χ2v) is 3.12. The second-order valence-electron chi connectivity index (χ2n) is 1.45. The van der Waals surface area contributed by atoms with Gasteiger partial charge in [-0.05, 0) is 0 Å². The van der Waals surface area contributed by atoms with Gasteiger partial charge >= 0.3 is 0 Å². The van der Waals surface area contributed by atoms with Crippen molar-refractivity contribution in [1.82, 2.24) is 4.98 Å².